The molecule has 160 valence electrons. The van der Waals surface area contributed by atoms with E-state index in [1.54, 1.807) is 24.8 Å². The van der Waals surface area contributed by atoms with Crippen molar-refractivity contribution in [2.75, 3.05) is 12.4 Å². The molecule has 0 fully saturated rings. The molecular formula is C26H17N3O3S. The molecule has 0 aliphatic rings. The van der Waals surface area contributed by atoms with Gasteiger partial charge >= 0.3 is 5.63 Å². The number of anilines is 1. The van der Waals surface area contributed by atoms with Gasteiger partial charge in [-0.05, 0) is 35.0 Å². The van der Waals surface area contributed by atoms with E-state index in [0.29, 0.717) is 33.2 Å². The number of nitrogens with zero attached hydrogens (tertiary/aromatic N) is 2. The van der Waals surface area contributed by atoms with Crippen molar-refractivity contribution in [2.24, 2.45) is 0 Å². The topological polar surface area (TPSA) is 88.2 Å². The van der Waals surface area contributed by atoms with Crippen molar-refractivity contribution in [1.29, 1.82) is 5.26 Å². The maximum absolute atomic E-state index is 12.7. The van der Waals surface area contributed by atoms with Gasteiger partial charge in [-0.25, -0.2) is 9.78 Å². The van der Waals surface area contributed by atoms with Gasteiger partial charge in [0.1, 0.15) is 28.0 Å². The van der Waals surface area contributed by atoms with Gasteiger partial charge in [-0.2, -0.15) is 5.26 Å². The molecule has 33 heavy (non-hydrogen) atoms. The summed E-state index contributed by atoms with van der Waals surface area (Å²) in [6.45, 7) is 0. The molecule has 0 atom stereocenters. The smallest absolute Gasteiger partial charge is 0.345 e. The molecule has 5 rings (SSSR count). The highest BCUT2D eigenvalue weighted by atomic mass is 32.1. The van der Waals surface area contributed by atoms with Crippen molar-refractivity contribution in [1.82, 2.24) is 4.98 Å². The van der Waals surface area contributed by atoms with Gasteiger partial charge in [0.05, 0.1) is 18.4 Å². The molecule has 7 heteroatoms. The molecule has 0 saturated carbocycles. The lowest BCUT2D eigenvalue weighted by atomic mass is 10.0. The third kappa shape index (κ3) is 3.95. The highest BCUT2D eigenvalue weighted by Gasteiger charge is 2.15. The number of methoxy groups -OCH3 is 1. The molecule has 0 bridgehead atoms. The van der Waals surface area contributed by atoms with Crippen molar-refractivity contribution in [2.45, 2.75) is 0 Å². The molecule has 3 aromatic carbocycles. The number of benzene rings is 3. The zero-order valence-electron chi connectivity index (χ0n) is 17.5. The first-order chi connectivity index (χ1) is 16.2. The van der Waals surface area contributed by atoms with Gasteiger partial charge in [-0.15, -0.1) is 11.3 Å². The lowest BCUT2D eigenvalue weighted by molar-refractivity contribution is 0.415. The van der Waals surface area contributed by atoms with Crippen LogP contribution in [0.3, 0.4) is 0 Å². The van der Waals surface area contributed by atoms with Crippen molar-refractivity contribution < 1.29 is 9.15 Å². The van der Waals surface area contributed by atoms with E-state index < -0.39 is 5.63 Å². The summed E-state index contributed by atoms with van der Waals surface area (Å²) in [7, 11) is 1.60. The van der Waals surface area contributed by atoms with Crippen LogP contribution in [0.2, 0.25) is 0 Å². The van der Waals surface area contributed by atoms with Crippen molar-refractivity contribution >= 4 is 44.3 Å². The van der Waals surface area contributed by atoms with Gasteiger partial charge in [0.15, 0.2) is 0 Å². The Bertz CT molecular complexity index is 1630. The van der Waals surface area contributed by atoms with Crippen LogP contribution in [-0.4, -0.2) is 12.1 Å². The number of rotatable bonds is 5. The van der Waals surface area contributed by atoms with Crippen LogP contribution in [-0.2, 0) is 0 Å². The van der Waals surface area contributed by atoms with Crippen LogP contribution >= 0.6 is 11.3 Å². The van der Waals surface area contributed by atoms with E-state index in [2.05, 4.69) is 16.4 Å². The summed E-state index contributed by atoms with van der Waals surface area (Å²) in [4.78, 5) is 17.2. The summed E-state index contributed by atoms with van der Waals surface area (Å²) in [6.07, 6.45) is 1.59. The summed E-state index contributed by atoms with van der Waals surface area (Å²) < 4.78 is 10.8. The quantitative estimate of drug-likeness (QED) is 0.199. The van der Waals surface area contributed by atoms with Crippen LogP contribution < -0.4 is 15.7 Å². The molecule has 6 nitrogen and oxygen atoms in total. The lowest BCUT2D eigenvalue weighted by Gasteiger charge is -2.04. The average molecular weight is 452 g/mol. The van der Waals surface area contributed by atoms with Gasteiger partial charge < -0.3 is 14.5 Å². The van der Waals surface area contributed by atoms with Gasteiger partial charge in [0, 0.05) is 28.7 Å². The Morgan fingerprint density at radius 2 is 2.00 bits per heavy atom. The number of fused-ring (bicyclic) bond motifs is 3. The van der Waals surface area contributed by atoms with E-state index in [4.69, 9.17) is 9.15 Å². The summed E-state index contributed by atoms with van der Waals surface area (Å²) in [6, 6.07) is 23.0. The fourth-order valence-corrected chi connectivity index (χ4v) is 4.37. The Morgan fingerprint density at radius 3 is 2.85 bits per heavy atom. The standard InChI is InChI=1S/C26H17N3O3S/c1-31-19-7-4-6-18(11-19)28-14-17(13-27)25-29-23(15-33-25)22-12-21-20-8-3-2-5-16(20)9-10-24(21)32-26(22)30/h2-12,14-15,28H,1H3. The summed E-state index contributed by atoms with van der Waals surface area (Å²) in [5.74, 6) is 0.707. The van der Waals surface area contributed by atoms with Crippen molar-refractivity contribution in [3.63, 3.8) is 0 Å². The van der Waals surface area contributed by atoms with Crippen molar-refractivity contribution in [3.8, 4) is 23.1 Å². The Hall–Kier alpha value is -4.41. The summed E-state index contributed by atoms with van der Waals surface area (Å²) in [5, 5.41) is 17.9. The first kappa shape index (κ1) is 20.5. The van der Waals surface area contributed by atoms with E-state index in [1.165, 1.54) is 11.3 Å². The molecular weight excluding hydrogens is 434 g/mol. The number of thiazole rings is 1. The van der Waals surface area contributed by atoms with Crippen LogP contribution in [0.1, 0.15) is 5.01 Å². The monoisotopic (exact) mass is 451 g/mol. The van der Waals surface area contributed by atoms with E-state index >= 15 is 0 Å². The first-order valence-electron chi connectivity index (χ1n) is 10.1. The highest BCUT2D eigenvalue weighted by Crippen LogP contribution is 2.30. The molecule has 0 amide bonds. The minimum atomic E-state index is -0.466. The highest BCUT2D eigenvalue weighted by molar-refractivity contribution is 7.11. The van der Waals surface area contributed by atoms with Gasteiger partial charge in [0.25, 0.3) is 0 Å². The molecule has 0 aliphatic carbocycles. The Kier molecular flexibility index (Phi) is 5.35. The van der Waals surface area contributed by atoms with Gasteiger partial charge in [0.2, 0.25) is 0 Å². The minimum Gasteiger partial charge on any atom is -0.497 e. The zero-order chi connectivity index (χ0) is 22.8. The fraction of sp³-hybridized carbons (Fsp3) is 0.0385. The van der Waals surface area contributed by atoms with Gasteiger partial charge in [-0.3, -0.25) is 0 Å². The number of nitriles is 1. The van der Waals surface area contributed by atoms with E-state index in [1.807, 2.05) is 60.7 Å². The van der Waals surface area contributed by atoms with E-state index in [0.717, 1.165) is 21.8 Å². The van der Waals surface area contributed by atoms with Crippen LogP contribution in [0, 0.1) is 11.3 Å². The molecule has 0 saturated heterocycles. The van der Waals surface area contributed by atoms with Crippen LogP contribution in [0.25, 0.3) is 38.6 Å². The number of aromatic nitrogens is 1. The minimum absolute atomic E-state index is 0.352. The normalized spacial score (nSPS) is 11.5. The second-order valence-corrected chi connectivity index (χ2v) is 8.09. The number of nitrogens with one attached hydrogen (secondary N) is 1. The van der Waals surface area contributed by atoms with Crippen LogP contribution in [0.4, 0.5) is 5.69 Å². The average Bonchev–Trinajstić information content (AvgIpc) is 3.34. The largest absolute Gasteiger partial charge is 0.497 e. The summed E-state index contributed by atoms with van der Waals surface area (Å²) in [5.41, 5.74) is 2.02. The second-order valence-electron chi connectivity index (χ2n) is 7.23. The SMILES string of the molecule is COc1cccc(NC=C(C#N)c2nc(-c3cc4c(ccc5ccccc54)oc3=O)cs2)c1. The second kappa shape index (κ2) is 8.61. The fourth-order valence-electron chi connectivity index (χ4n) is 3.58. The maximum Gasteiger partial charge on any atom is 0.345 e. The number of allylic oxidation sites excluding steroid dienone is 1. The number of ether oxygens (including phenoxy) is 1. The molecule has 5 aromatic rings. The predicted molar refractivity (Wildman–Crippen MR) is 131 cm³/mol. The zero-order valence-corrected chi connectivity index (χ0v) is 18.3. The molecule has 0 unspecified atom stereocenters. The third-order valence-corrected chi connectivity index (χ3v) is 6.10. The first-order valence-corrected chi connectivity index (χ1v) is 11.0. The predicted octanol–water partition coefficient (Wildman–Crippen LogP) is 6.05. The Balaban J connectivity index is 1.52. The summed E-state index contributed by atoms with van der Waals surface area (Å²) >= 11 is 1.29. The molecule has 0 aliphatic heterocycles. The molecule has 1 N–H and O–H groups in total. The molecule has 2 heterocycles. The molecule has 0 radical (unpaired) electrons. The number of hydrogen-bond donors (Lipinski definition) is 1. The Morgan fingerprint density at radius 1 is 1.12 bits per heavy atom. The number of hydrogen-bond acceptors (Lipinski definition) is 7. The third-order valence-electron chi connectivity index (χ3n) is 5.23. The van der Waals surface area contributed by atoms with E-state index in [-0.39, 0.29) is 0 Å². The molecule has 2 aromatic heterocycles. The Labute approximate surface area is 193 Å². The lowest BCUT2D eigenvalue weighted by Crippen LogP contribution is -2.03. The van der Waals surface area contributed by atoms with E-state index in [9.17, 15) is 10.1 Å². The van der Waals surface area contributed by atoms with Crippen molar-refractivity contribution in [3.05, 3.63) is 93.7 Å². The van der Waals surface area contributed by atoms with Crippen LogP contribution in [0.5, 0.6) is 5.75 Å². The van der Waals surface area contributed by atoms with Gasteiger partial charge in [-0.1, -0.05) is 36.4 Å². The maximum atomic E-state index is 12.7. The van der Waals surface area contributed by atoms with Crippen LogP contribution in [0.15, 0.2) is 87.5 Å². The molecule has 0 spiro atoms.